The molecule has 3 aliphatic carbocycles. The maximum absolute atomic E-state index is 13.4. The van der Waals surface area contributed by atoms with Crippen LogP contribution in [0, 0.1) is 34.5 Å². The van der Waals surface area contributed by atoms with Crippen LogP contribution in [0.15, 0.2) is 11.8 Å². The van der Waals surface area contributed by atoms with Crippen LogP contribution in [-0.4, -0.2) is 71.7 Å². The lowest BCUT2D eigenvalue weighted by Crippen LogP contribution is -2.58. The highest BCUT2D eigenvalue weighted by atomic mass is 16.7. The summed E-state index contributed by atoms with van der Waals surface area (Å²) < 4.78 is 30.1. The molecule has 3 bridgehead atoms. The van der Waals surface area contributed by atoms with Crippen molar-refractivity contribution < 1.29 is 43.5 Å². The van der Waals surface area contributed by atoms with E-state index in [4.69, 9.17) is 23.7 Å². The molecule has 0 aromatic rings. The summed E-state index contributed by atoms with van der Waals surface area (Å²) in [6.07, 6.45) is 0.653. The molecule has 1 unspecified atom stereocenters. The Labute approximate surface area is 212 Å². The van der Waals surface area contributed by atoms with E-state index in [0.717, 1.165) is 5.57 Å². The highest BCUT2D eigenvalue weighted by Gasteiger charge is 2.81. The SMILES string of the molecule is CC(=O)OC(C)(C)CCO[C@@H]1[C@@H]2OC(=O)[C@]3(C)[C@H]1C[C@@]14C2=CO[C@@H](OC[C@@H](C)[C@H](C)O)C1C[C@@H](O)[C@@H]34. The minimum atomic E-state index is -0.884. The Morgan fingerprint density at radius 2 is 2.00 bits per heavy atom. The Morgan fingerprint density at radius 3 is 2.67 bits per heavy atom. The van der Waals surface area contributed by atoms with Gasteiger partial charge < -0.3 is 33.9 Å². The number of esters is 2. The summed E-state index contributed by atoms with van der Waals surface area (Å²) in [7, 11) is 0. The lowest BCUT2D eigenvalue weighted by molar-refractivity contribution is -0.213. The van der Waals surface area contributed by atoms with Gasteiger partial charge in [-0.05, 0) is 40.5 Å². The summed E-state index contributed by atoms with van der Waals surface area (Å²) in [5, 5.41) is 21.2. The zero-order valence-electron chi connectivity index (χ0n) is 22.1. The molecule has 0 amide bonds. The first kappa shape index (κ1) is 25.9. The van der Waals surface area contributed by atoms with Gasteiger partial charge in [0.15, 0.2) is 6.10 Å². The fourth-order valence-corrected chi connectivity index (χ4v) is 7.86. The lowest BCUT2D eigenvalue weighted by atomic mass is 9.61. The topological polar surface area (TPSA) is 121 Å². The van der Waals surface area contributed by atoms with Crippen molar-refractivity contribution in [3.05, 3.63) is 11.8 Å². The summed E-state index contributed by atoms with van der Waals surface area (Å²) in [6, 6.07) is 0. The van der Waals surface area contributed by atoms with Crippen LogP contribution in [0.1, 0.15) is 60.8 Å². The van der Waals surface area contributed by atoms with Gasteiger partial charge in [-0.2, -0.15) is 0 Å². The van der Waals surface area contributed by atoms with Gasteiger partial charge in [-0.1, -0.05) is 6.92 Å². The fourth-order valence-electron chi connectivity index (χ4n) is 7.86. The quantitative estimate of drug-likeness (QED) is 0.452. The van der Waals surface area contributed by atoms with Gasteiger partial charge >= 0.3 is 11.9 Å². The van der Waals surface area contributed by atoms with Crippen LogP contribution in [-0.2, 0) is 33.3 Å². The molecule has 2 aliphatic heterocycles. The average Bonchev–Trinajstić information content (AvgIpc) is 3.18. The Balaban J connectivity index is 1.42. The van der Waals surface area contributed by atoms with E-state index < -0.39 is 41.0 Å². The molecule has 0 radical (unpaired) electrons. The van der Waals surface area contributed by atoms with Crippen LogP contribution >= 0.6 is 0 Å². The van der Waals surface area contributed by atoms with Gasteiger partial charge in [0.25, 0.3) is 0 Å². The Kier molecular flexibility index (Phi) is 6.26. The molecule has 9 nitrogen and oxygen atoms in total. The minimum Gasteiger partial charge on any atom is -0.472 e. The van der Waals surface area contributed by atoms with E-state index in [9.17, 15) is 19.8 Å². The van der Waals surface area contributed by atoms with Crippen molar-refractivity contribution in [2.24, 2.45) is 34.5 Å². The second-order valence-electron chi connectivity index (χ2n) is 12.4. The number of carbonyl (C=O) groups excluding carboxylic acids is 2. The molecular formula is C27H40O9. The highest BCUT2D eigenvalue weighted by Crippen LogP contribution is 2.77. The molecular weight excluding hydrogens is 468 g/mol. The first-order chi connectivity index (χ1) is 16.8. The number of fused-ring (bicyclic) bond motifs is 3. The summed E-state index contributed by atoms with van der Waals surface area (Å²) in [6.45, 7) is 11.3. The van der Waals surface area contributed by atoms with Crippen LogP contribution < -0.4 is 0 Å². The molecule has 0 aromatic heterocycles. The number of ether oxygens (including phenoxy) is 5. The number of aliphatic hydroxyl groups excluding tert-OH is 2. The highest BCUT2D eigenvalue weighted by molar-refractivity contribution is 5.82. The van der Waals surface area contributed by atoms with Gasteiger partial charge in [0.1, 0.15) is 11.7 Å². The molecule has 2 heterocycles. The standard InChI is InChI=1S/C27H40O9/c1-13(14(2)28)11-33-23-16-9-19(30)22-26(6)17-10-27(16,22)18(12-34-23)21(35-24(26)31)20(17)32-8-7-25(4,5)36-15(3)29/h12-14,16-17,19-23,28,30H,7-11H2,1-6H3/t13-,14+,16?,17+,19-,20+,21-,22+,23-,26-,27+/m1/s1. The Hall–Kier alpha value is -1.68. The van der Waals surface area contributed by atoms with Crippen LogP contribution in [0.3, 0.4) is 0 Å². The van der Waals surface area contributed by atoms with Crippen molar-refractivity contribution >= 4 is 11.9 Å². The predicted molar refractivity (Wildman–Crippen MR) is 126 cm³/mol. The average molecular weight is 509 g/mol. The fraction of sp³-hybridized carbons (Fsp3) is 0.852. The first-order valence-corrected chi connectivity index (χ1v) is 13.2. The molecule has 1 saturated heterocycles. The van der Waals surface area contributed by atoms with Gasteiger partial charge in [0.2, 0.25) is 6.29 Å². The third-order valence-electron chi connectivity index (χ3n) is 9.72. The minimum absolute atomic E-state index is 0.0612. The second-order valence-corrected chi connectivity index (χ2v) is 12.4. The largest absolute Gasteiger partial charge is 0.472 e. The van der Waals surface area contributed by atoms with Crippen LogP contribution in [0.4, 0.5) is 0 Å². The zero-order chi connectivity index (χ0) is 26.2. The van der Waals surface area contributed by atoms with Gasteiger partial charge in [0.05, 0.1) is 37.1 Å². The maximum atomic E-state index is 13.4. The van der Waals surface area contributed by atoms with E-state index in [1.54, 1.807) is 13.2 Å². The van der Waals surface area contributed by atoms with Crippen LogP contribution in [0.5, 0.6) is 0 Å². The Bertz CT molecular complexity index is 944. The summed E-state index contributed by atoms with van der Waals surface area (Å²) in [5.41, 5.74) is -1.13. The number of aliphatic hydroxyl groups is 2. The number of hydrogen-bond donors (Lipinski definition) is 2. The van der Waals surface area contributed by atoms with Gasteiger partial charge in [-0.25, -0.2) is 0 Å². The molecule has 202 valence electrons. The third-order valence-corrected chi connectivity index (χ3v) is 9.72. The molecule has 5 rings (SSSR count). The molecule has 9 heteroatoms. The van der Waals surface area contributed by atoms with E-state index >= 15 is 0 Å². The molecule has 11 atom stereocenters. The van der Waals surface area contributed by atoms with Crippen LogP contribution in [0.25, 0.3) is 0 Å². The summed E-state index contributed by atoms with van der Waals surface area (Å²) in [5.74, 6) is -1.23. The van der Waals surface area contributed by atoms with Gasteiger partial charge in [-0.3, -0.25) is 9.59 Å². The van der Waals surface area contributed by atoms with Crippen molar-refractivity contribution in [2.75, 3.05) is 13.2 Å². The molecule has 36 heavy (non-hydrogen) atoms. The van der Waals surface area contributed by atoms with Crippen molar-refractivity contribution in [3.63, 3.8) is 0 Å². The number of hydrogen-bond acceptors (Lipinski definition) is 9. The predicted octanol–water partition coefficient (Wildman–Crippen LogP) is 2.33. The van der Waals surface area contributed by atoms with Crippen molar-refractivity contribution in [3.8, 4) is 0 Å². The number of carbonyl (C=O) groups is 2. The molecule has 0 aromatic carbocycles. The Morgan fingerprint density at radius 1 is 1.28 bits per heavy atom. The number of rotatable bonds is 9. The normalized spacial score (nSPS) is 43.8. The first-order valence-electron chi connectivity index (χ1n) is 13.2. The maximum Gasteiger partial charge on any atom is 0.313 e. The van der Waals surface area contributed by atoms with Crippen molar-refractivity contribution in [1.82, 2.24) is 0 Å². The molecule has 4 fully saturated rings. The smallest absolute Gasteiger partial charge is 0.313 e. The van der Waals surface area contributed by atoms with E-state index in [1.165, 1.54) is 6.92 Å². The monoisotopic (exact) mass is 508 g/mol. The van der Waals surface area contributed by atoms with E-state index in [2.05, 4.69) is 0 Å². The molecule has 3 saturated carbocycles. The van der Waals surface area contributed by atoms with E-state index in [1.807, 2.05) is 27.7 Å². The van der Waals surface area contributed by atoms with Crippen molar-refractivity contribution in [1.29, 1.82) is 0 Å². The molecule has 1 spiro atoms. The van der Waals surface area contributed by atoms with Gasteiger partial charge in [-0.15, -0.1) is 0 Å². The van der Waals surface area contributed by atoms with Gasteiger partial charge in [0, 0.05) is 48.0 Å². The summed E-state index contributed by atoms with van der Waals surface area (Å²) >= 11 is 0. The van der Waals surface area contributed by atoms with E-state index in [-0.39, 0.29) is 41.7 Å². The second kappa shape index (κ2) is 8.68. The molecule has 5 aliphatic rings. The third kappa shape index (κ3) is 3.64. The zero-order valence-corrected chi connectivity index (χ0v) is 22.1. The molecule has 2 N–H and O–H groups in total. The van der Waals surface area contributed by atoms with E-state index in [0.29, 0.717) is 32.5 Å². The van der Waals surface area contributed by atoms with Crippen molar-refractivity contribution in [2.45, 2.75) is 97.1 Å². The lowest BCUT2D eigenvalue weighted by Gasteiger charge is -2.51. The summed E-state index contributed by atoms with van der Waals surface area (Å²) in [4.78, 5) is 24.8. The van der Waals surface area contributed by atoms with Crippen LogP contribution in [0.2, 0.25) is 0 Å².